The summed E-state index contributed by atoms with van der Waals surface area (Å²) in [5.41, 5.74) is 4.43. The van der Waals surface area contributed by atoms with Crippen LogP contribution in [0, 0.1) is 0 Å². The molecule has 23 heavy (non-hydrogen) atoms. The Hall–Kier alpha value is -2.86. The van der Waals surface area contributed by atoms with Crippen molar-refractivity contribution in [3.8, 4) is 0 Å². The maximum atomic E-state index is 9.06. The quantitative estimate of drug-likeness (QED) is 0.623. The number of hydrogen-bond acceptors (Lipinski definition) is 5. The van der Waals surface area contributed by atoms with E-state index in [1.807, 2.05) is 36.4 Å². The van der Waals surface area contributed by atoms with E-state index in [1.54, 1.807) is 10.9 Å². The standard InChI is InChI=1S/C17H15N5O/c23-9-7-14-4-6-16-17(19-14)22(21-20-16)11-12-3-5-15-13(10-12)2-1-8-18-15/h1-6,8,10,23H,7,9,11H2. The van der Waals surface area contributed by atoms with Crippen LogP contribution in [0.15, 0.2) is 48.7 Å². The van der Waals surface area contributed by atoms with E-state index >= 15 is 0 Å². The maximum Gasteiger partial charge on any atom is 0.179 e. The minimum atomic E-state index is 0.0811. The van der Waals surface area contributed by atoms with Crippen molar-refractivity contribution in [3.63, 3.8) is 0 Å². The van der Waals surface area contributed by atoms with Gasteiger partial charge in [0.1, 0.15) is 5.52 Å². The van der Waals surface area contributed by atoms with Gasteiger partial charge < -0.3 is 5.11 Å². The zero-order chi connectivity index (χ0) is 15.6. The summed E-state index contributed by atoms with van der Waals surface area (Å²) < 4.78 is 1.79. The molecule has 0 saturated heterocycles. The van der Waals surface area contributed by atoms with Crippen molar-refractivity contribution in [1.82, 2.24) is 25.0 Å². The lowest BCUT2D eigenvalue weighted by Crippen LogP contribution is -2.04. The zero-order valence-electron chi connectivity index (χ0n) is 12.4. The first-order valence-corrected chi connectivity index (χ1v) is 7.47. The summed E-state index contributed by atoms with van der Waals surface area (Å²) in [6, 6.07) is 13.9. The topological polar surface area (TPSA) is 76.7 Å². The van der Waals surface area contributed by atoms with Gasteiger partial charge in [0.15, 0.2) is 5.65 Å². The van der Waals surface area contributed by atoms with E-state index in [1.165, 1.54) is 0 Å². The minimum absolute atomic E-state index is 0.0811. The number of rotatable bonds is 4. The number of pyridine rings is 2. The number of aliphatic hydroxyl groups excluding tert-OH is 1. The Morgan fingerprint density at radius 1 is 1.04 bits per heavy atom. The summed E-state index contributed by atoms with van der Waals surface area (Å²) in [7, 11) is 0. The number of nitrogens with zero attached hydrogens (tertiary/aromatic N) is 5. The molecule has 0 radical (unpaired) electrons. The molecule has 0 spiro atoms. The van der Waals surface area contributed by atoms with Crippen molar-refractivity contribution >= 4 is 22.1 Å². The van der Waals surface area contributed by atoms with Gasteiger partial charge in [-0.1, -0.05) is 17.3 Å². The number of aliphatic hydroxyl groups is 1. The van der Waals surface area contributed by atoms with Crippen LogP contribution in [0.4, 0.5) is 0 Å². The summed E-state index contributed by atoms with van der Waals surface area (Å²) >= 11 is 0. The molecule has 0 aliphatic rings. The smallest absolute Gasteiger partial charge is 0.179 e. The van der Waals surface area contributed by atoms with Crippen molar-refractivity contribution < 1.29 is 5.11 Å². The molecular weight excluding hydrogens is 290 g/mol. The lowest BCUT2D eigenvalue weighted by molar-refractivity contribution is 0.298. The number of hydrogen-bond donors (Lipinski definition) is 1. The van der Waals surface area contributed by atoms with Gasteiger partial charge in [0.2, 0.25) is 0 Å². The van der Waals surface area contributed by atoms with Crippen LogP contribution in [0.1, 0.15) is 11.3 Å². The van der Waals surface area contributed by atoms with E-state index < -0.39 is 0 Å². The third kappa shape index (κ3) is 2.64. The number of fused-ring (bicyclic) bond motifs is 2. The molecule has 1 aromatic carbocycles. The maximum absolute atomic E-state index is 9.06. The molecular formula is C17H15N5O. The first kappa shape index (κ1) is 13.8. The summed E-state index contributed by atoms with van der Waals surface area (Å²) in [5, 5.41) is 18.5. The Labute approximate surface area is 132 Å². The molecule has 0 aliphatic carbocycles. The molecule has 0 fully saturated rings. The highest BCUT2D eigenvalue weighted by Crippen LogP contribution is 2.16. The van der Waals surface area contributed by atoms with Gasteiger partial charge in [-0.15, -0.1) is 5.10 Å². The highest BCUT2D eigenvalue weighted by atomic mass is 16.3. The van der Waals surface area contributed by atoms with Gasteiger partial charge in [-0.05, 0) is 35.9 Å². The van der Waals surface area contributed by atoms with Crippen molar-refractivity contribution in [2.45, 2.75) is 13.0 Å². The van der Waals surface area contributed by atoms with Gasteiger partial charge in [0.25, 0.3) is 0 Å². The molecule has 3 heterocycles. The molecule has 4 aromatic rings. The van der Waals surface area contributed by atoms with Gasteiger partial charge in [-0.25, -0.2) is 9.67 Å². The van der Waals surface area contributed by atoms with Crippen LogP contribution in [-0.2, 0) is 13.0 Å². The number of benzene rings is 1. The van der Waals surface area contributed by atoms with E-state index in [4.69, 9.17) is 5.11 Å². The molecule has 1 N–H and O–H groups in total. The lowest BCUT2D eigenvalue weighted by Gasteiger charge is -2.05. The van der Waals surface area contributed by atoms with E-state index in [0.717, 1.165) is 33.3 Å². The predicted molar refractivity (Wildman–Crippen MR) is 87.0 cm³/mol. The fourth-order valence-corrected chi connectivity index (χ4v) is 2.65. The molecule has 0 bridgehead atoms. The van der Waals surface area contributed by atoms with Gasteiger partial charge in [0, 0.05) is 30.3 Å². The largest absolute Gasteiger partial charge is 0.396 e. The van der Waals surface area contributed by atoms with Gasteiger partial charge in [0.05, 0.1) is 12.1 Å². The highest BCUT2D eigenvalue weighted by molar-refractivity contribution is 5.79. The predicted octanol–water partition coefficient (Wildman–Crippen LogP) is 1.96. The SMILES string of the molecule is OCCc1ccc2nnn(Cc3ccc4ncccc4c3)c2n1. The van der Waals surface area contributed by atoms with Crippen LogP contribution in [-0.4, -0.2) is 36.7 Å². The first-order valence-electron chi connectivity index (χ1n) is 7.47. The van der Waals surface area contributed by atoms with Crippen molar-refractivity contribution in [3.05, 3.63) is 59.9 Å². The second-order valence-electron chi connectivity index (χ2n) is 5.40. The fraction of sp³-hybridized carbons (Fsp3) is 0.176. The third-order valence-corrected chi connectivity index (χ3v) is 3.78. The average Bonchev–Trinajstić information content (AvgIpc) is 2.97. The number of aromatic nitrogens is 5. The van der Waals surface area contributed by atoms with Crippen LogP contribution < -0.4 is 0 Å². The second-order valence-corrected chi connectivity index (χ2v) is 5.40. The summed E-state index contributed by atoms with van der Waals surface area (Å²) in [4.78, 5) is 8.88. The van der Waals surface area contributed by atoms with Crippen molar-refractivity contribution in [2.75, 3.05) is 6.61 Å². The van der Waals surface area contributed by atoms with Crippen molar-refractivity contribution in [1.29, 1.82) is 0 Å². The zero-order valence-corrected chi connectivity index (χ0v) is 12.4. The fourth-order valence-electron chi connectivity index (χ4n) is 2.65. The molecule has 3 aromatic heterocycles. The minimum Gasteiger partial charge on any atom is -0.396 e. The molecule has 114 valence electrons. The van der Waals surface area contributed by atoms with Gasteiger partial charge in [-0.2, -0.15) is 0 Å². The Balaban J connectivity index is 1.71. The van der Waals surface area contributed by atoms with E-state index in [9.17, 15) is 0 Å². The molecule has 0 unspecified atom stereocenters. The molecule has 0 amide bonds. The highest BCUT2D eigenvalue weighted by Gasteiger charge is 2.08. The Morgan fingerprint density at radius 2 is 1.96 bits per heavy atom. The second kappa shape index (κ2) is 5.73. The third-order valence-electron chi connectivity index (χ3n) is 3.78. The molecule has 0 aliphatic heterocycles. The Bertz CT molecular complexity index is 979. The molecule has 6 nitrogen and oxygen atoms in total. The normalized spacial score (nSPS) is 11.3. The van der Waals surface area contributed by atoms with Gasteiger partial charge in [-0.3, -0.25) is 4.98 Å². The van der Waals surface area contributed by atoms with Crippen LogP contribution in [0.3, 0.4) is 0 Å². The summed E-state index contributed by atoms with van der Waals surface area (Å²) in [5.74, 6) is 0. The molecule has 0 atom stereocenters. The van der Waals surface area contributed by atoms with E-state index in [-0.39, 0.29) is 6.61 Å². The monoisotopic (exact) mass is 305 g/mol. The first-order chi connectivity index (χ1) is 11.3. The van der Waals surface area contributed by atoms with Crippen LogP contribution >= 0.6 is 0 Å². The summed E-state index contributed by atoms with van der Waals surface area (Å²) in [6.07, 6.45) is 2.32. The van der Waals surface area contributed by atoms with Crippen molar-refractivity contribution in [2.24, 2.45) is 0 Å². The average molecular weight is 305 g/mol. The van der Waals surface area contributed by atoms with E-state index in [0.29, 0.717) is 13.0 Å². The van der Waals surface area contributed by atoms with Crippen LogP contribution in [0.25, 0.3) is 22.1 Å². The molecule has 4 rings (SSSR count). The van der Waals surface area contributed by atoms with E-state index in [2.05, 4.69) is 26.3 Å². The summed E-state index contributed by atoms with van der Waals surface area (Å²) in [6.45, 7) is 0.675. The van der Waals surface area contributed by atoms with Gasteiger partial charge >= 0.3 is 0 Å². The van der Waals surface area contributed by atoms with Crippen LogP contribution in [0.5, 0.6) is 0 Å². The molecule has 6 heteroatoms. The molecule has 0 saturated carbocycles. The van der Waals surface area contributed by atoms with Crippen LogP contribution in [0.2, 0.25) is 0 Å². The lowest BCUT2D eigenvalue weighted by atomic mass is 10.1. The Morgan fingerprint density at radius 3 is 2.87 bits per heavy atom. The Kier molecular flexibility index (Phi) is 3.44.